The van der Waals surface area contributed by atoms with Gasteiger partial charge in [0.1, 0.15) is 6.04 Å². The van der Waals surface area contributed by atoms with E-state index in [2.05, 4.69) is 21.2 Å². The van der Waals surface area contributed by atoms with E-state index in [-0.39, 0.29) is 5.78 Å². The van der Waals surface area contributed by atoms with Gasteiger partial charge in [-0.3, -0.25) is 4.79 Å². The number of hydrogen-bond acceptors (Lipinski definition) is 3. The molecule has 2 aromatic carbocycles. The van der Waals surface area contributed by atoms with Gasteiger partial charge in [0.05, 0.1) is 0 Å². The minimum Gasteiger partial charge on any atom is -0.480 e. The van der Waals surface area contributed by atoms with Gasteiger partial charge in [-0.15, -0.1) is 0 Å². The Morgan fingerprint density at radius 3 is 2.35 bits per heavy atom. The summed E-state index contributed by atoms with van der Waals surface area (Å²) in [5, 5.41) is 12.0. The average Bonchev–Trinajstić information content (AvgIpc) is 2.55. The number of benzene rings is 2. The molecule has 0 amide bonds. The number of ketones is 1. The van der Waals surface area contributed by atoms with E-state index in [0.717, 1.165) is 10.0 Å². The van der Waals surface area contributed by atoms with Crippen LogP contribution in [0.15, 0.2) is 71.3 Å². The second-order valence-electron chi connectivity index (χ2n) is 4.95. The molecule has 0 saturated carbocycles. The summed E-state index contributed by atoms with van der Waals surface area (Å²) in [4.78, 5) is 23.3. The molecule has 0 radical (unpaired) electrons. The molecular weight excluding hydrogens is 358 g/mol. The van der Waals surface area contributed by atoms with Crippen molar-refractivity contribution >= 4 is 27.7 Å². The van der Waals surface area contributed by atoms with Crippen LogP contribution in [-0.4, -0.2) is 22.9 Å². The zero-order valence-corrected chi connectivity index (χ0v) is 13.9. The standard InChI is InChI=1S/C18H16BrNO3/c19-15-8-6-14(7-9-15)17(21)10-11-20-16(18(22)23)12-13-4-2-1-3-5-13/h1-11,16,20H,12H2,(H,22,23)/b11-10-/t16-/m0/s1. The van der Waals surface area contributed by atoms with E-state index in [1.165, 1.54) is 12.3 Å². The van der Waals surface area contributed by atoms with Crippen molar-refractivity contribution < 1.29 is 14.7 Å². The smallest absolute Gasteiger partial charge is 0.326 e. The predicted molar refractivity (Wildman–Crippen MR) is 92.3 cm³/mol. The van der Waals surface area contributed by atoms with Gasteiger partial charge < -0.3 is 10.4 Å². The first kappa shape index (κ1) is 17.0. The van der Waals surface area contributed by atoms with Crippen LogP contribution in [0.2, 0.25) is 0 Å². The maximum atomic E-state index is 12.0. The fourth-order valence-electron chi connectivity index (χ4n) is 2.02. The first-order chi connectivity index (χ1) is 11.1. The number of carboxylic acid groups (broad SMARTS) is 1. The number of rotatable bonds is 7. The zero-order chi connectivity index (χ0) is 16.7. The third-order valence-corrected chi connectivity index (χ3v) is 3.77. The summed E-state index contributed by atoms with van der Waals surface area (Å²) in [6.45, 7) is 0. The lowest BCUT2D eigenvalue weighted by atomic mass is 10.1. The largest absolute Gasteiger partial charge is 0.480 e. The Bertz CT molecular complexity index is 696. The van der Waals surface area contributed by atoms with Crippen molar-refractivity contribution in [3.8, 4) is 0 Å². The molecule has 23 heavy (non-hydrogen) atoms. The van der Waals surface area contributed by atoms with Gasteiger partial charge in [-0.1, -0.05) is 46.3 Å². The van der Waals surface area contributed by atoms with E-state index in [4.69, 9.17) is 0 Å². The lowest BCUT2D eigenvalue weighted by Gasteiger charge is -2.12. The van der Waals surface area contributed by atoms with Gasteiger partial charge in [0, 0.05) is 28.7 Å². The molecular formula is C18H16BrNO3. The Kier molecular flexibility index (Phi) is 6.11. The number of carboxylic acids is 1. The van der Waals surface area contributed by atoms with E-state index in [1.54, 1.807) is 24.3 Å². The Morgan fingerprint density at radius 1 is 1.09 bits per heavy atom. The third kappa shape index (κ3) is 5.38. The number of halogens is 1. The molecule has 2 aromatic rings. The van der Waals surface area contributed by atoms with Crippen LogP contribution in [0.25, 0.3) is 0 Å². The number of aliphatic carboxylic acids is 1. The normalized spacial score (nSPS) is 12.0. The lowest BCUT2D eigenvalue weighted by Crippen LogP contribution is -2.35. The number of carbonyl (C=O) groups is 2. The van der Waals surface area contributed by atoms with Crippen LogP contribution >= 0.6 is 15.9 Å². The molecule has 0 aliphatic rings. The fourth-order valence-corrected chi connectivity index (χ4v) is 2.28. The molecule has 2 N–H and O–H groups in total. The average molecular weight is 374 g/mol. The Morgan fingerprint density at radius 2 is 1.74 bits per heavy atom. The topological polar surface area (TPSA) is 66.4 Å². The zero-order valence-electron chi connectivity index (χ0n) is 12.3. The molecule has 0 fully saturated rings. The van der Waals surface area contributed by atoms with Crippen molar-refractivity contribution in [2.45, 2.75) is 12.5 Å². The van der Waals surface area contributed by atoms with Crippen LogP contribution < -0.4 is 5.32 Å². The van der Waals surface area contributed by atoms with Crippen LogP contribution in [0.1, 0.15) is 15.9 Å². The highest BCUT2D eigenvalue weighted by atomic mass is 79.9. The molecule has 5 heteroatoms. The molecule has 0 aliphatic carbocycles. The molecule has 0 bridgehead atoms. The van der Waals surface area contributed by atoms with Crippen molar-refractivity contribution in [2.24, 2.45) is 0 Å². The van der Waals surface area contributed by atoms with Crippen LogP contribution in [-0.2, 0) is 11.2 Å². The van der Waals surface area contributed by atoms with Crippen molar-refractivity contribution in [2.75, 3.05) is 0 Å². The second-order valence-corrected chi connectivity index (χ2v) is 5.87. The maximum Gasteiger partial charge on any atom is 0.326 e. The monoisotopic (exact) mass is 373 g/mol. The Labute approximate surface area is 143 Å². The van der Waals surface area contributed by atoms with Gasteiger partial charge in [0.2, 0.25) is 0 Å². The highest BCUT2D eigenvalue weighted by Crippen LogP contribution is 2.11. The summed E-state index contributed by atoms with van der Waals surface area (Å²) in [5.41, 5.74) is 1.46. The molecule has 0 saturated heterocycles. The van der Waals surface area contributed by atoms with E-state index < -0.39 is 12.0 Å². The quantitative estimate of drug-likeness (QED) is 0.576. The van der Waals surface area contributed by atoms with Crippen LogP contribution in [0, 0.1) is 0 Å². The van der Waals surface area contributed by atoms with Crippen molar-refractivity contribution in [3.63, 3.8) is 0 Å². The SMILES string of the molecule is O=C(/C=C\N[C@@H](Cc1ccccc1)C(=O)O)c1ccc(Br)cc1. The van der Waals surface area contributed by atoms with Crippen molar-refractivity contribution in [1.29, 1.82) is 0 Å². The number of hydrogen-bond donors (Lipinski definition) is 2. The minimum atomic E-state index is -0.963. The fraction of sp³-hybridized carbons (Fsp3) is 0.111. The predicted octanol–water partition coefficient (Wildman–Crippen LogP) is 3.43. The van der Waals surface area contributed by atoms with Crippen LogP contribution in [0.3, 0.4) is 0 Å². The van der Waals surface area contributed by atoms with Crippen molar-refractivity contribution in [1.82, 2.24) is 5.32 Å². The highest BCUT2D eigenvalue weighted by Gasteiger charge is 2.15. The van der Waals surface area contributed by atoms with Crippen molar-refractivity contribution in [3.05, 3.63) is 82.5 Å². The molecule has 0 unspecified atom stereocenters. The van der Waals surface area contributed by atoms with Gasteiger partial charge in [0.25, 0.3) is 0 Å². The summed E-state index contributed by atoms with van der Waals surface area (Å²) in [7, 11) is 0. The number of carbonyl (C=O) groups excluding carboxylic acids is 1. The Balaban J connectivity index is 1.96. The number of nitrogens with one attached hydrogen (secondary N) is 1. The molecule has 0 aliphatic heterocycles. The summed E-state index contributed by atoms with van der Waals surface area (Å²) in [6, 6.07) is 15.5. The molecule has 0 heterocycles. The van der Waals surface area contributed by atoms with Gasteiger partial charge >= 0.3 is 5.97 Å². The molecule has 2 rings (SSSR count). The first-order valence-electron chi connectivity index (χ1n) is 7.05. The highest BCUT2D eigenvalue weighted by molar-refractivity contribution is 9.10. The minimum absolute atomic E-state index is 0.186. The molecule has 118 valence electrons. The van der Waals surface area contributed by atoms with Gasteiger partial charge in [-0.05, 0) is 29.8 Å². The van der Waals surface area contributed by atoms with Gasteiger partial charge in [-0.25, -0.2) is 4.79 Å². The summed E-state index contributed by atoms with van der Waals surface area (Å²) in [5.74, 6) is -1.15. The maximum absolute atomic E-state index is 12.0. The van der Waals surface area contributed by atoms with E-state index >= 15 is 0 Å². The molecule has 4 nitrogen and oxygen atoms in total. The lowest BCUT2D eigenvalue weighted by molar-refractivity contribution is -0.139. The van der Waals surface area contributed by atoms with Crippen LogP contribution in [0.4, 0.5) is 0 Å². The number of allylic oxidation sites excluding steroid dienone is 1. The molecule has 1 atom stereocenters. The van der Waals surface area contributed by atoms with E-state index in [0.29, 0.717) is 12.0 Å². The summed E-state index contributed by atoms with van der Waals surface area (Å²) in [6.07, 6.45) is 3.07. The molecule has 0 spiro atoms. The van der Waals surface area contributed by atoms with E-state index in [1.807, 2.05) is 30.3 Å². The summed E-state index contributed by atoms with van der Waals surface area (Å²) < 4.78 is 0.893. The Hall–Kier alpha value is -2.40. The second kappa shape index (κ2) is 8.29. The van der Waals surface area contributed by atoms with Gasteiger partial charge in [-0.2, -0.15) is 0 Å². The first-order valence-corrected chi connectivity index (χ1v) is 7.85. The third-order valence-electron chi connectivity index (χ3n) is 3.24. The summed E-state index contributed by atoms with van der Waals surface area (Å²) >= 11 is 3.31. The van der Waals surface area contributed by atoms with Crippen LogP contribution in [0.5, 0.6) is 0 Å². The van der Waals surface area contributed by atoms with E-state index in [9.17, 15) is 14.7 Å². The molecule has 0 aromatic heterocycles. The van der Waals surface area contributed by atoms with Gasteiger partial charge in [0.15, 0.2) is 5.78 Å².